The van der Waals surface area contributed by atoms with Gasteiger partial charge in [0.05, 0.1) is 11.6 Å². The van der Waals surface area contributed by atoms with Gasteiger partial charge < -0.3 is 20.4 Å². The highest BCUT2D eigenvalue weighted by molar-refractivity contribution is 5.94. The minimum Gasteiger partial charge on any atom is -0.337 e. The third-order valence-corrected chi connectivity index (χ3v) is 5.47. The molecule has 1 aromatic rings. The van der Waals surface area contributed by atoms with Crippen LogP contribution in [0.5, 0.6) is 0 Å². The predicted octanol–water partition coefficient (Wildman–Crippen LogP) is 2.95. The van der Waals surface area contributed by atoms with Gasteiger partial charge in [0.25, 0.3) is 0 Å². The van der Waals surface area contributed by atoms with Crippen LogP contribution in [-0.2, 0) is 9.59 Å². The number of carbonyl (C=O) groups excluding carboxylic acids is 3. The number of carbonyl (C=O) groups is 3. The van der Waals surface area contributed by atoms with E-state index in [1.54, 1.807) is 29.2 Å². The van der Waals surface area contributed by atoms with Crippen molar-refractivity contribution in [2.24, 2.45) is 5.92 Å². The Labute approximate surface area is 184 Å². The molecule has 0 spiro atoms. The van der Waals surface area contributed by atoms with Crippen LogP contribution in [0.15, 0.2) is 24.3 Å². The summed E-state index contributed by atoms with van der Waals surface area (Å²) in [6.45, 7) is 9.19. The molecule has 1 aliphatic rings. The van der Waals surface area contributed by atoms with Crippen molar-refractivity contribution in [1.29, 1.82) is 5.26 Å². The van der Waals surface area contributed by atoms with Gasteiger partial charge in [0.15, 0.2) is 0 Å². The molecule has 0 aromatic heterocycles. The summed E-state index contributed by atoms with van der Waals surface area (Å²) >= 11 is 0. The standard InChI is InChI=1S/C23H33N5O3/c1-5-6-10-20(29)28-12-11-27(15-17(28)4)22(30)21(16(2)3)26-23(31)25-19-9-7-8-18(13-19)14-24/h7-9,13,16-17,21H,5-6,10-12,15H2,1-4H3,(H2,25,26,31). The Balaban J connectivity index is 1.98. The van der Waals surface area contributed by atoms with Crippen LogP contribution < -0.4 is 10.6 Å². The molecule has 1 aliphatic heterocycles. The maximum absolute atomic E-state index is 13.2. The summed E-state index contributed by atoms with van der Waals surface area (Å²) in [6, 6.07) is 7.37. The Morgan fingerprint density at radius 3 is 2.61 bits per heavy atom. The van der Waals surface area contributed by atoms with E-state index in [1.165, 1.54) is 0 Å². The maximum atomic E-state index is 13.2. The Morgan fingerprint density at radius 2 is 2.00 bits per heavy atom. The Hall–Kier alpha value is -3.08. The number of benzene rings is 1. The number of rotatable bonds is 7. The molecule has 2 unspecified atom stereocenters. The first-order chi connectivity index (χ1) is 14.8. The fourth-order valence-electron chi connectivity index (χ4n) is 3.69. The zero-order chi connectivity index (χ0) is 23.0. The van der Waals surface area contributed by atoms with E-state index in [1.807, 2.05) is 31.7 Å². The molecular weight excluding hydrogens is 394 g/mol. The number of unbranched alkanes of at least 4 members (excludes halogenated alkanes) is 1. The lowest BCUT2D eigenvalue weighted by molar-refractivity contribution is -0.144. The highest BCUT2D eigenvalue weighted by Crippen LogP contribution is 2.16. The van der Waals surface area contributed by atoms with Gasteiger partial charge in [-0.05, 0) is 37.5 Å². The summed E-state index contributed by atoms with van der Waals surface area (Å²) in [7, 11) is 0. The quantitative estimate of drug-likeness (QED) is 0.698. The average molecular weight is 428 g/mol. The van der Waals surface area contributed by atoms with Crippen molar-refractivity contribution in [3.63, 3.8) is 0 Å². The third kappa shape index (κ3) is 6.71. The number of piperazine rings is 1. The maximum Gasteiger partial charge on any atom is 0.319 e. The summed E-state index contributed by atoms with van der Waals surface area (Å²) in [5, 5.41) is 14.5. The van der Waals surface area contributed by atoms with E-state index in [-0.39, 0.29) is 23.8 Å². The number of urea groups is 1. The second-order valence-corrected chi connectivity index (χ2v) is 8.34. The topological polar surface area (TPSA) is 106 Å². The van der Waals surface area contributed by atoms with Gasteiger partial charge in [0.2, 0.25) is 11.8 Å². The summed E-state index contributed by atoms with van der Waals surface area (Å²) < 4.78 is 0. The van der Waals surface area contributed by atoms with Crippen LogP contribution in [0.4, 0.5) is 10.5 Å². The van der Waals surface area contributed by atoms with E-state index in [0.29, 0.717) is 37.3 Å². The molecule has 0 bridgehead atoms. The van der Waals surface area contributed by atoms with Crippen LogP contribution in [-0.4, -0.2) is 59.4 Å². The van der Waals surface area contributed by atoms with Crippen LogP contribution >= 0.6 is 0 Å². The minimum atomic E-state index is -0.686. The Bertz CT molecular complexity index is 833. The van der Waals surface area contributed by atoms with Crippen molar-refractivity contribution in [3.05, 3.63) is 29.8 Å². The van der Waals surface area contributed by atoms with E-state index >= 15 is 0 Å². The SMILES string of the molecule is CCCCC(=O)N1CCN(C(=O)C(NC(=O)Nc2cccc(C#N)c2)C(C)C)CC1C. The summed E-state index contributed by atoms with van der Waals surface area (Å²) in [5.74, 6) is -0.120. The monoisotopic (exact) mass is 427 g/mol. The molecule has 0 radical (unpaired) electrons. The van der Waals surface area contributed by atoms with Crippen molar-refractivity contribution in [1.82, 2.24) is 15.1 Å². The van der Waals surface area contributed by atoms with E-state index < -0.39 is 12.1 Å². The molecule has 2 N–H and O–H groups in total. The zero-order valence-electron chi connectivity index (χ0n) is 18.9. The van der Waals surface area contributed by atoms with E-state index in [2.05, 4.69) is 17.6 Å². The number of nitriles is 1. The number of anilines is 1. The van der Waals surface area contributed by atoms with Crippen LogP contribution in [0.2, 0.25) is 0 Å². The predicted molar refractivity (Wildman–Crippen MR) is 119 cm³/mol. The lowest BCUT2D eigenvalue weighted by atomic mass is 10.0. The first-order valence-corrected chi connectivity index (χ1v) is 10.9. The molecular formula is C23H33N5O3. The Morgan fingerprint density at radius 1 is 1.26 bits per heavy atom. The number of hydrogen-bond acceptors (Lipinski definition) is 4. The molecule has 168 valence electrons. The van der Waals surface area contributed by atoms with Crippen molar-refractivity contribution < 1.29 is 14.4 Å². The molecule has 8 heteroatoms. The van der Waals surface area contributed by atoms with Crippen molar-refractivity contribution >= 4 is 23.5 Å². The summed E-state index contributed by atoms with van der Waals surface area (Å²) in [5.41, 5.74) is 0.925. The average Bonchev–Trinajstić information content (AvgIpc) is 2.75. The number of nitrogens with one attached hydrogen (secondary N) is 2. The second-order valence-electron chi connectivity index (χ2n) is 8.34. The van der Waals surface area contributed by atoms with Gasteiger partial charge in [-0.2, -0.15) is 5.26 Å². The van der Waals surface area contributed by atoms with Gasteiger partial charge in [-0.15, -0.1) is 0 Å². The molecule has 1 fully saturated rings. The zero-order valence-corrected chi connectivity index (χ0v) is 18.9. The number of nitrogens with zero attached hydrogens (tertiary/aromatic N) is 3. The minimum absolute atomic E-state index is 0.0579. The second kappa shape index (κ2) is 11.3. The molecule has 2 rings (SSSR count). The fraction of sp³-hybridized carbons (Fsp3) is 0.565. The number of amides is 4. The van der Waals surface area contributed by atoms with Gasteiger partial charge in [0, 0.05) is 37.8 Å². The van der Waals surface area contributed by atoms with Crippen LogP contribution in [0, 0.1) is 17.2 Å². The van der Waals surface area contributed by atoms with Gasteiger partial charge in [-0.1, -0.05) is 33.3 Å². The van der Waals surface area contributed by atoms with Gasteiger partial charge in [0.1, 0.15) is 6.04 Å². The smallest absolute Gasteiger partial charge is 0.319 e. The molecule has 0 saturated carbocycles. The van der Waals surface area contributed by atoms with E-state index in [0.717, 1.165) is 12.8 Å². The first kappa shape index (κ1) is 24.2. The Kier molecular flexibility index (Phi) is 8.86. The highest BCUT2D eigenvalue weighted by Gasteiger charge is 2.34. The van der Waals surface area contributed by atoms with Gasteiger partial charge in [-0.3, -0.25) is 9.59 Å². The largest absolute Gasteiger partial charge is 0.337 e. The molecule has 1 saturated heterocycles. The van der Waals surface area contributed by atoms with Crippen molar-refractivity contribution in [2.45, 2.75) is 59.0 Å². The highest BCUT2D eigenvalue weighted by atomic mass is 16.2. The molecule has 8 nitrogen and oxygen atoms in total. The van der Waals surface area contributed by atoms with E-state index in [9.17, 15) is 14.4 Å². The lowest BCUT2D eigenvalue weighted by Gasteiger charge is -2.41. The lowest BCUT2D eigenvalue weighted by Crippen LogP contribution is -2.60. The normalized spacial score (nSPS) is 17.1. The van der Waals surface area contributed by atoms with Crippen LogP contribution in [0.3, 0.4) is 0 Å². The van der Waals surface area contributed by atoms with Crippen molar-refractivity contribution in [3.8, 4) is 6.07 Å². The number of hydrogen-bond donors (Lipinski definition) is 2. The molecule has 0 aliphatic carbocycles. The molecule has 2 atom stereocenters. The van der Waals surface area contributed by atoms with Gasteiger partial charge >= 0.3 is 6.03 Å². The fourth-order valence-corrected chi connectivity index (χ4v) is 3.69. The summed E-state index contributed by atoms with van der Waals surface area (Å²) in [4.78, 5) is 41.6. The molecule has 1 heterocycles. The van der Waals surface area contributed by atoms with Crippen molar-refractivity contribution in [2.75, 3.05) is 25.0 Å². The molecule has 4 amide bonds. The van der Waals surface area contributed by atoms with Crippen LogP contribution in [0.1, 0.15) is 52.5 Å². The molecule has 31 heavy (non-hydrogen) atoms. The first-order valence-electron chi connectivity index (χ1n) is 10.9. The van der Waals surface area contributed by atoms with Crippen LogP contribution in [0.25, 0.3) is 0 Å². The van der Waals surface area contributed by atoms with E-state index in [4.69, 9.17) is 5.26 Å². The molecule has 1 aromatic carbocycles. The summed E-state index contributed by atoms with van der Waals surface area (Å²) in [6.07, 6.45) is 2.39. The van der Waals surface area contributed by atoms with Gasteiger partial charge in [-0.25, -0.2) is 4.79 Å². The third-order valence-electron chi connectivity index (χ3n) is 5.47.